The van der Waals surface area contributed by atoms with E-state index in [-0.39, 0.29) is 28.4 Å². The van der Waals surface area contributed by atoms with E-state index >= 15 is 0 Å². The fraction of sp³-hybridized carbons (Fsp3) is 0.0645. The Morgan fingerprint density at radius 1 is 0.763 bits per heavy atom. The number of benzene rings is 4. The lowest BCUT2D eigenvalue weighted by atomic mass is 9.86. The second kappa shape index (κ2) is 11.4. The van der Waals surface area contributed by atoms with Crippen molar-refractivity contribution in [3.8, 4) is 11.5 Å². The van der Waals surface area contributed by atoms with Crippen LogP contribution in [-0.4, -0.2) is 22.8 Å². The Bertz CT molecular complexity index is 1420. The Kier molecular flexibility index (Phi) is 7.80. The van der Waals surface area contributed by atoms with E-state index in [1.165, 1.54) is 19.1 Å². The van der Waals surface area contributed by atoms with E-state index in [9.17, 15) is 19.5 Å². The molecule has 190 valence electrons. The third kappa shape index (κ3) is 5.38. The van der Waals surface area contributed by atoms with Crippen molar-refractivity contribution in [2.45, 2.75) is 12.5 Å². The molecule has 0 saturated heterocycles. The van der Waals surface area contributed by atoms with Crippen LogP contribution in [0.15, 0.2) is 121 Å². The predicted molar refractivity (Wildman–Crippen MR) is 139 cm³/mol. The second-order valence-electron chi connectivity index (χ2n) is 8.41. The number of carbonyl (C=O) groups is 3. The minimum Gasteiger partial charge on any atom is -0.507 e. The molecule has 0 unspecified atom stereocenters. The molecule has 4 aromatic rings. The molecular weight excluding hydrogens is 484 g/mol. The van der Waals surface area contributed by atoms with E-state index in [1.807, 2.05) is 0 Å². The van der Waals surface area contributed by atoms with Gasteiger partial charge in [0.2, 0.25) is 0 Å². The second-order valence-corrected chi connectivity index (χ2v) is 8.41. The zero-order valence-electron chi connectivity index (χ0n) is 20.5. The van der Waals surface area contributed by atoms with Gasteiger partial charge in [-0.2, -0.15) is 4.89 Å². The smallest absolute Gasteiger partial charge is 0.368 e. The largest absolute Gasteiger partial charge is 0.507 e. The van der Waals surface area contributed by atoms with Gasteiger partial charge in [-0.1, -0.05) is 97.6 Å². The highest BCUT2D eigenvalue weighted by atomic mass is 17.2. The molecule has 4 rings (SSSR count). The molecule has 7 heteroatoms. The molecule has 0 atom stereocenters. The molecule has 0 saturated carbocycles. The number of esters is 1. The highest BCUT2D eigenvalue weighted by Gasteiger charge is 2.48. The minimum absolute atomic E-state index is 0.0417. The highest BCUT2D eigenvalue weighted by Crippen LogP contribution is 2.37. The van der Waals surface area contributed by atoms with Gasteiger partial charge in [0.05, 0.1) is 5.56 Å². The van der Waals surface area contributed by atoms with Crippen LogP contribution in [0.5, 0.6) is 11.5 Å². The number of carbonyl (C=O) groups excluding carboxylic acids is 3. The number of hydrogen-bond donors (Lipinski definition) is 1. The number of ether oxygens (including phenoxy) is 1. The van der Waals surface area contributed by atoms with Crippen molar-refractivity contribution < 1.29 is 34.0 Å². The quantitative estimate of drug-likeness (QED) is 0.0793. The summed E-state index contributed by atoms with van der Waals surface area (Å²) in [6, 6.07) is 29.2. The van der Waals surface area contributed by atoms with Crippen molar-refractivity contribution in [2.75, 3.05) is 0 Å². The Balaban J connectivity index is 1.73. The third-order valence-corrected chi connectivity index (χ3v) is 5.70. The van der Waals surface area contributed by atoms with E-state index in [2.05, 4.69) is 6.58 Å². The topological polar surface area (TPSA) is 99.1 Å². The number of phenolic OH excluding ortho intramolecular Hbond substituents is 1. The number of hydrogen-bond acceptors (Lipinski definition) is 7. The van der Waals surface area contributed by atoms with Gasteiger partial charge in [-0.3, -0.25) is 9.68 Å². The van der Waals surface area contributed by atoms with Crippen LogP contribution in [0.1, 0.15) is 34.0 Å². The summed E-state index contributed by atoms with van der Waals surface area (Å²) in [7, 11) is 0. The molecule has 0 aliphatic carbocycles. The molecule has 0 heterocycles. The Hall–Kier alpha value is -5.01. The lowest BCUT2D eigenvalue weighted by Crippen LogP contribution is -2.43. The fourth-order valence-electron chi connectivity index (χ4n) is 3.74. The summed E-state index contributed by atoms with van der Waals surface area (Å²) in [5.41, 5.74) is -0.872. The maximum atomic E-state index is 13.9. The number of rotatable bonds is 9. The predicted octanol–water partition coefficient (Wildman–Crippen LogP) is 5.52. The lowest BCUT2D eigenvalue weighted by Gasteiger charge is -2.30. The lowest BCUT2D eigenvalue weighted by molar-refractivity contribution is -0.318. The van der Waals surface area contributed by atoms with Crippen LogP contribution in [0, 0.1) is 0 Å². The first-order chi connectivity index (χ1) is 18.3. The molecule has 0 bridgehead atoms. The summed E-state index contributed by atoms with van der Waals surface area (Å²) in [5, 5.41) is 10.6. The first kappa shape index (κ1) is 26.1. The molecular formula is C31H24O7. The van der Waals surface area contributed by atoms with Gasteiger partial charge in [-0.25, -0.2) is 9.59 Å². The molecule has 0 aromatic heterocycles. The van der Waals surface area contributed by atoms with Crippen LogP contribution in [0.4, 0.5) is 0 Å². The zero-order chi connectivity index (χ0) is 27.1. The van der Waals surface area contributed by atoms with E-state index in [0.29, 0.717) is 16.7 Å². The average Bonchev–Trinajstić information content (AvgIpc) is 2.94. The van der Waals surface area contributed by atoms with Crippen LogP contribution in [0.2, 0.25) is 0 Å². The third-order valence-electron chi connectivity index (χ3n) is 5.70. The molecule has 0 spiro atoms. The summed E-state index contributed by atoms with van der Waals surface area (Å²) >= 11 is 0. The van der Waals surface area contributed by atoms with Crippen LogP contribution in [0.25, 0.3) is 0 Å². The number of phenols is 1. The SMILES string of the molecule is C=C(C)C(=O)OOC(C(=O)Oc1ccc(C(=O)c2ccccc2)c(O)c1)(c1ccccc1)c1ccccc1. The van der Waals surface area contributed by atoms with Gasteiger partial charge in [0.1, 0.15) is 11.5 Å². The summed E-state index contributed by atoms with van der Waals surface area (Å²) < 4.78 is 5.65. The molecule has 0 radical (unpaired) electrons. The molecule has 0 aliphatic heterocycles. The van der Waals surface area contributed by atoms with E-state index in [4.69, 9.17) is 14.5 Å². The molecule has 0 fully saturated rings. The van der Waals surface area contributed by atoms with Crippen LogP contribution in [-0.2, 0) is 25.0 Å². The number of ketones is 1. The van der Waals surface area contributed by atoms with E-state index < -0.39 is 17.5 Å². The van der Waals surface area contributed by atoms with Gasteiger partial charge in [0, 0.05) is 28.3 Å². The number of aromatic hydroxyl groups is 1. The van der Waals surface area contributed by atoms with Crippen LogP contribution >= 0.6 is 0 Å². The first-order valence-corrected chi connectivity index (χ1v) is 11.6. The summed E-state index contributed by atoms with van der Waals surface area (Å²) in [6.45, 7) is 4.98. The van der Waals surface area contributed by atoms with Crippen molar-refractivity contribution in [1.82, 2.24) is 0 Å². The van der Waals surface area contributed by atoms with Gasteiger partial charge >= 0.3 is 11.9 Å². The fourth-order valence-corrected chi connectivity index (χ4v) is 3.74. The Morgan fingerprint density at radius 2 is 1.29 bits per heavy atom. The zero-order valence-corrected chi connectivity index (χ0v) is 20.5. The average molecular weight is 509 g/mol. The molecule has 0 aliphatic rings. The van der Waals surface area contributed by atoms with Gasteiger partial charge in [0.15, 0.2) is 5.78 Å². The van der Waals surface area contributed by atoms with Crippen molar-refractivity contribution in [3.05, 3.63) is 144 Å². The summed E-state index contributed by atoms with van der Waals surface area (Å²) in [5.74, 6) is -2.63. The molecule has 0 amide bonds. The maximum absolute atomic E-state index is 13.9. The van der Waals surface area contributed by atoms with Crippen molar-refractivity contribution >= 4 is 17.7 Å². The van der Waals surface area contributed by atoms with Gasteiger partial charge in [0.25, 0.3) is 5.60 Å². The molecule has 1 N–H and O–H groups in total. The van der Waals surface area contributed by atoms with Gasteiger partial charge < -0.3 is 9.84 Å². The maximum Gasteiger partial charge on any atom is 0.368 e. The van der Waals surface area contributed by atoms with Crippen molar-refractivity contribution in [2.24, 2.45) is 0 Å². The summed E-state index contributed by atoms with van der Waals surface area (Å²) in [6.07, 6.45) is 0. The van der Waals surface area contributed by atoms with E-state index in [0.717, 1.165) is 6.07 Å². The van der Waals surface area contributed by atoms with E-state index in [1.54, 1.807) is 91.0 Å². The van der Waals surface area contributed by atoms with Crippen LogP contribution < -0.4 is 4.74 Å². The minimum atomic E-state index is -2.03. The molecule has 7 nitrogen and oxygen atoms in total. The first-order valence-electron chi connectivity index (χ1n) is 11.6. The van der Waals surface area contributed by atoms with Gasteiger partial charge in [-0.05, 0) is 19.1 Å². The summed E-state index contributed by atoms with van der Waals surface area (Å²) in [4.78, 5) is 49.5. The Labute approximate surface area is 219 Å². The molecule has 38 heavy (non-hydrogen) atoms. The molecule has 4 aromatic carbocycles. The standard InChI is InChI=1S/C31H24O7/c1-21(2)29(34)37-38-31(23-14-8-4-9-15-23,24-16-10-5-11-17-24)30(35)36-25-18-19-26(27(32)20-25)28(33)22-12-6-3-7-13-22/h3-20,32H,1H2,2H3. The highest BCUT2D eigenvalue weighted by molar-refractivity contribution is 6.10. The Morgan fingerprint density at radius 3 is 1.79 bits per heavy atom. The van der Waals surface area contributed by atoms with Gasteiger partial charge in [-0.15, -0.1) is 0 Å². The van der Waals surface area contributed by atoms with Crippen molar-refractivity contribution in [1.29, 1.82) is 0 Å². The normalized spacial score (nSPS) is 10.9. The monoisotopic (exact) mass is 508 g/mol. The van der Waals surface area contributed by atoms with Crippen LogP contribution in [0.3, 0.4) is 0 Å². The van der Waals surface area contributed by atoms with Crippen molar-refractivity contribution in [3.63, 3.8) is 0 Å².